The largest absolute Gasteiger partial charge is 0.465 e. The lowest BCUT2D eigenvalue weighted by atomic mass is 9.91. The second-order valence-corrected chi connectivity index (χ2v) is 7.37. The number of aromatic amines is 1. The zero-order valence-electron chi connectivity index (χ0n) is 15.5. The molecule has 6 nitrogen and oxygen atoms in total. The second-order valence-electron chi connectivity index (χ2n) is 6.93. The van der Waals surface area contributed by atoms with E-state index in [1.165, 1.54) is 0 Å². The second kappa shape index (κ2) is 8.35. The highest BCUT2D eigenvalue weighted by Crippen LogP contribution is 2.23. The van der Waals surface area contributed by atoms with Crippen molar-refractivity contribution in [2.75, 3.05) is 6.54 Å². The molecule has 3 rings (SSSR count). The Balaban J connectivity index is 1.71. The summed E-state index contributed by atoms with van der Waals surface area (Å²) in [7, 11) is 0. The molecule has 0 aliphatic rings. The molecular weight excluding hydrogens is 378 g/mol. The van der Waals surface area contributed by atoms with Crippen LogP contribution in [0.1, 0.15) is 18.1 Å². The Labute approximate surface area is 167 Å². The van der Waals surface area contributed by atoms with Crippen molar-refractivity contribution >= 4 is 34.5 Å². The third-order valence-corrected chi connectivity index (χ3v) is 4.97. The van der Waals surface area contributed by atoms with Crippen LogP contribution in [-0.4, -0.2) is 34.2 Å². The fourth-order valence-corrected chi connectivity index (χ4v) is 3.37. The first-order valence-corrected chi connectivity index (χ1v) is 9.34. The van der Waals surface area contributed by atoms with Gasteiger partial charge in [-0.15, -0.1) is 0 Å². The normalized spacial score (nSPS) is 13.1. The highest BCUT2D eigenvalue weighted by atomic mass is 35.5. The quantitative estimate of drug-likeness (QED) is 0.487. The summed E-state index contributed by atoms with van der Waals surface area (Å²) in [6.07, 6.45) is 1.43. The van der Waals surface area contributed by atoms with Gasteiger partial charge < -0.3 is 20.7 Å². The first-order valence-electron chi connectivity index (χ1n) is 8.96. The topological polar surface area (TPSA) is 94.2 Å². The number of fused-ring (bicyclic) bond motifs is 1. The van der Waals surface area contributed by atoms with Gasteiger partial charge in [-0.25, -0.2) is 4.79 Å². The van der Waals surface area contributed by atoms with Gasteiger partial charge in [0.05, 0.1) is 0 Å². The number of H-pyrrole nitrogens is 1. The van der Waals surface area contributed by atoms with Gasteiger partial charge in [0, 0.05) is 35.1 Å². The van der Waals surface area contributed by atoms with Crippen molar-refractivity contribution in [1.29, 1.82) is 0 Å². The zero-order chi connectivity index (χ0) is 20.1. The number of amides is 2. The molecule has 4 N–H and O–H groups in total. The number of benzene rings is 2. The van der Waals surface area contributed by atoms with E-state index in [-0.39, 0.29) is 12.3 Å². The van der Waals surface area contributed by atoms with Gasteiger partial charge in [0.25, 0.3) is 0 Å². The molecular formula is C21H22ClN3O3. The highest BCUT2D eigenvalue weighted by Gasteiger charge is 2.35. The molecule has 2 amide bonds. The minimum Gasteiger partial charge on any atom is -0.465 e. The van der Waals surface area contributed by atoms with E-state index in [4.69, 9.17) is 11.6 Å². The molecule has 1 unspecified atom stereocenters. The van der Waals surface area contributed by atoms with E-state index in [0.717, 1.165) is 22.0 Å². The molecule has 1 aromatic heterocycles. The van der Waals surface area contributed by atoms with Crippen LogP contribution in [0.25, 0.3) is 10.9 Å². The molecule has 0 aliphatic heterocycles. The Morgan fingerprint density at radius 1 is 1.14 bits per heavy atom. The van der Waals surface area contributed by atoms with Gasteiger partial charge in [0.2, 0.25) is 5.91 Å². The summed E-state index contributed by atoms with van der Waals surface area (Å²) in [4.78, 5) is 27.3. The van der Waals surface area contributed by atoms with Crippen LogP contribution in [0.15, 0.2) is 54.7 Å². The van der Waals surface area contributed by atoms with Crippen LogP contribution < -0.4 is 10.6 Å². The summed E-state index contributed by atoms with van der Waals surface area (Å²) >= 11 is 5.88. The average molecular weight is 400 g/mol. The molecule has 0 saturated carbocycles. The number of carbonyl (C=O) groups excluding carboxylic acids is 1. The van der Waals surface area contributed by atoms with Gasteiger partial charge >= 0.3 is 6.09 Å². The zero-order valence-corrected chi connectivity index (χ0v) is 16.2. The van der Waals surface area contributed by atoms with E-state index in [1.807, 2.05) is 42.6 Å². The van der Waals surface area contributed by atoms with Crippen molar-refractivity contribution in [3.05, 3.63) is 70.9 Å². The Morgan fingerprint density at radius 2 is 1.86 bits per heavy atom. The highest BCUT2D eigenvalue weighted by molar-refractivity contribution is 6.30. The van der Waals surface area contributed by atoms with Crippen LogP contribution in [0.5, 0.6) is 0 Å². The minimum atomic E-state index is -1.29. The van der Waals surface area contributed by atoms with Crippen molar-refractivity contribution in [2.45, 2.75) is 25.3 Å². The maximum absolute atomic E-state index is 12.8. The molecule has 7 heteroatoms. The Morgan fingerprint density at radius 3 is 2.57 bits per heavy atom. The summed E-state index contributed by atoms with van der Waals surface area (Å²) in [6, 6.07) is 15.1. The van der Waals surface area contributed by atoms with Gasteiger partial charge in [-0.05, 0) is 42.7 Å². The number of hydrogen-bond acceptors (Lipinski definition) is 2. The number of para-hydroxylation sites is 1. The van der Waals surface area contributed by atoms with Crippen LogP contribution >= 0.6 is 11.6 Å². The van der Waals surface area contributed by atoms with E-state index in [9.17, 15) is 14.7 Å². The summed E-state index contributed by atoms with van der Waals surface area (Å²) in [6.45, 7) is 1.99. The van der Waals surface area contributed by atoms with Crippen molar-refractivity contribution in [3.8, 4) is 0 Å². The molecule has 1 heterocycles. The van der Waals surface area contributed by atoms with Crippen LogP contribution in [0.2, 0.25) is 5.02 Å². The summed E-state index contributed by atoms with van der Waals surface area (Å²) in [5.41, 5.74) is 1.56. The molecule has 0 saturated heterocycles. The molecule has 0 bridgehead atoms. The first kappa shape index (κ1) is 19.8. The average Bonchev–Trinajstić information content (AvgIpc) is 3.05. The number of nitrogens with one attached hydrogen (secondary N) is 3. The van der Waals surface area contributed by atoms with Gasteiger partial charge in [-0.3, -0.25) is 4.79 Å². The van der Waals surface area contributed by atoms with Crippen molar-refractivity contribution in [2.24, 2.45) is 0 Å². The Bertz CT molecular complexity index is 984. The molecule has 0 aliphatic carbocycles. The van der Waals surface area contributed by atoms with Crippen molar-refractivity contribution in [1.82, 2.24) is 15.6 Å². The number of carboxylic acid groups (broad SMARTS) is 1. The lowest BCUT2D eigenvalue weighted by molar-refractivity contribution is -0.126. The molecule has 0 spiro atoms. The van der Waals surface area contributed by atoms with Crippen LogP contribution in [-0.2, 0) is 17.6 Å². The fourth-order valence-electron chi connectivity index (χ4n) is 3.24. The summed E-state index contributed by atoms with van der Waals surface area (Å²) < 4.78 is 0. The molecule has 0 radical (unpaired) electrons. The lowest BCUT2D eigenvalue weighted by Gasteiger charge is -2.28. The van der Waals surface area contributed by atoms with E-state index in [0.29, 0.717) is 18.0 Å². The number of aromatic nitrogens is 1. The van der Waals surface area contributed by atoms with Crippen molar-refractivity contribution in [3.63, 3.8) is 0 Å². The number of halogens is 1. The third-order valence-electron chi connectivity index (χ3n) is 4.72. The Hall–Kier alpha value is -2.99. The molecule has 1 atom stereocenters. The van der Waals surface area contributed by atoms with Gasteiger partial charge in [-0.1, -0.05) is 41.9 Å². The summed E-state index contributed by atoms with van der Waals surface area (Å²) in [5.74, 6) is -0.367. The van der Waals surface area contributed by atoms with Gasteiger partial charge in [0.1, 0.15) is 5.54 Å². The Kier molecular flexibility index (Phi) is 5.90. The van der Waals surface area contributed by atoms with Gasteiger partial charge in [0.15, 0.2) is 0 Å². The van der Waals surface area contributed by atoms with Gasteiger partial charge in [-0.2, -0.15) is 0 Å². The minimum absolute atomic E-state index is 0.232. The number of rotatable bonds is 7. The van der Waals surface area contributed by atoms with Crippen molar-refractivity contribution < 1.29 is 14.7 Å². The van der Waals surface area contributed by atoms with Crippen LogP contribution in [0.4, 0.5) is 4.79 Å². The summed E-state index contributed by atoms with van der Waals surface area (Å²) in [5, 5.41) is 16.1. The first-order chi connectivity index (χ1) is 13.4. The maximum atomic E-state index is 12.8. The van der Waals surface area contributed by atoms with E-state index in [2.05, 4.69) is 15.6 Å². The monoisotopic (exact) mass is 399 g/mol. The molecule has 146 valence electrons. The molecule has 28 heavy (non-hydrogen) atoms. The van der Waals surface area contributed by atoms with Crippen LogP contribution in [0.3, 0.4) is 0 Å². The molecule has 2 aromatic carbocycles. The molecule has 3 aromatic rings. The predicted molar refractivity (Wildman–Crippen MR) is 110 cm³/mol. The third kappa shape index (κ3) is 4.64. The fraction of sp³-hybridized carbons (Fsp3) is 0.238. The predicted octanol–water partition coefficient (Wildman–Crippen LogP) is 3.75. The van der Waals surface area contributed by atoms with E-state index < -0.39 is 11.6 Å². The number of carbonyl (C=O) groups is 2. The maximum Gasteiger partial charge on any atom is 0.405 e. The standard InChI is InChI=1S/C21H22ClN3O3/c1-21(25-20(27)28,12-15-13-24-18-5-3-2-4-17(15)18)19(26)23-11-10-14-6-8-16(22)9-7-14/h2-9,13,24-25H,10-12H2,1H3,(H,23,26)(H,27,28). The number of hydrogen-bond donors (Lipinski definition) is 4. The van der Waals surface area contributed by atoms with Crippen LogP contribution in [0, 0.1) is 0 Å². The lowest BCUT2D eigenvalue weighted by Crippen LogP contribution is -2.58. The van der Waals surface area contributed by atoms with E-state index in [1.54, 1.807) is 19.1 Å². The van der Waals surface area contributed by atoms with E-state index >= 15 is 0 Å². The smallest absolute Gasteiger partial charge is 0.405 e. The molecule has 0 fully saturated rings. The SMILES string of the molecule is CC(Cc1c[nH]c2ccccc12)(NC(=O)O)C(=O)NCCc1ccc(Cl)cc1.